The second kappa shape index (κ2) is 15.2. The Morgan fingerprint density at radius 3 is 2.20 bits per heavy atom. The van der Waals surface area contributed by atoms with E-state index in [2.05, 4.69) is 20.8 Å². The molecule has 0 aromatic heterocycles. The fourth-order valence-corrected chi connectivity index (χ4v) is 3.14. The second-order valence-corrected chi connectivity index (χ2v) is 7.96. The summed E-state index contributed by atoms with van der Waals surface area (Å²) in [7, 11) is 0. The summed E-state index contributed by atoms with van der Waals surface area (Å²) >= 11 is 0. The van der Waals surface area contributed by atoms with Gasteiger partial charge in [-0.1, -0.05) is 39.3 Å². The quantitative estimate of drug-likeness (QED) is 0.409. The van der Waals surface area contributed by atoms with E-state index in [1.807, 2.05) is 43.0 Å². The summed E-state index contributed by atoms with van der Waals surface area (Å²) in [5.74, 6) is 1.13. The van der Waals surface area contributed by atoms with Crippen LogP contribution >= 0.6 is 0 Å². The lowest BCUT2D eigenvalue weighted by molar-refractivity contribution is -0.161. The molecule has 2 N–H and O–H groups in total. The number of nitrogens with two attached hydrogens (primary N) is 1. The van der Waals surface area contributed by atoms with E-state index in [1.165, 1.54) is 0 Å². The molecule has 0 aliphatic rings. The Labute approximate surface area is 183 Å². The highest BCUT2D eigenvalue weighted by molar-refractivity contribution is 5.79. The van der Waals surface area contributed by atoms with Gasteiger partial charge in [0.25, 0.3) is 0 Å². The second-order valence-electron chi connectivity index (χ2n) is 7.96. The van der Waals surface area contributed by atoms with Crippen LogP contribution in [-0.4, -0.2) is 56.6 Å². The van der Waals surface area contributed by atoms with Crippen LogP contribution in [0.2, 0.25) is 0 Å². The highest BCUT2D eigenvalue weighted by Gasteiger charge is 2.26. The van der Waals surface area contributed by atoms with Crippen molar-refractivity contribution >= 4 is 5.91 Å². The van der Waals surface area contributed by atoms with Crippen molar-refractivity contribution in [2.24, 2.45) is 17.6 Å². The van der Waals surface area contributed by atoms with Gasteiger partial charge >= 0.3 is 0 Å². The van der Waals surface area contributed by atoms with Crippen molar-refractivity contribution in [2.45, 2.75) is 60.2 Å². The van der Waals surface area contributed by atoms with Crippen molar-refractivity contribution in [1.29, 1.82) is 0 Å². The standard InChI is InChI=1S/C24H42N2O4/c1-6-9-14-26(17-23(28-7-2)29-8-3)24(27)21(16-25)15-20-10-12-22(13-11-20)30-18-19(4)5/h10-13,19,21,23H,6-9,14-18,25H2,1-5H3/t21-/m1/s1. The molecule has 1 aromatic rings. The third-order valence-corrected chi connectivity index (χ3v) is 4.79. The van der Waals surface area contributed by atoms with Gasteiger partial charge in [0.1, 0.15) is 5.75 Å². The molecule has 172 valence electrons. The summed E-state index contributed by atoms with van der Waals surface area (Å²) in [6, 6.07) is 7.96. The van der Waals surface area contributed by atoms with Gasteiger partial charge in [-0.2, -0.15) is 0 Å². The Balaban J connectivity index is 2.81. The minimum atomic E-state index is -0.406. The van der Waals surface area contributed by atoms with Crippen molar-refractivity contribution < 1.29 is 19.0 Å². The van der Waals surface area contributed by atoms with E-state index in [4.69, 9.17) is 19.9 Å². The number of nitrogens with zero attached hydrogens (tertiary/aromatic N) is 1. The third-order valence-electron chi connectivity index (χ3n) is 4.79. The van der Waals surface area contributed by atoms with Gasteiger partial charge in [0.15, 0.2) is 6.29 Å². The van der Waals surface area contributed by atoms with Gasteiger partial charge < -0.3 is 24.8 Å². The van der Waals surface area contributed by atoms with Crippen molar-refractivity contribution in [2.75, 3.05) is 39.5 Å². The van der Waals surface area contributed by atoms with Gasteiger partial charge in [0.05, 0.1) is 19.1 Å². The van der Waals surface area contributed by atoms with Crippen LogP contribution in [0.25, 0.3) is 0 Å². The maximum Gasteiger partial charge on any atom is 0.227 e. The van der Waals surface area contributed by atoms with Crippen LogP contribution in [0.4, 0.5) is 0 Å². The van der Waals surface area contributed by atoms with Gasteiger partial charge in [0.2, 0.25) is 5.91 Å². The first-order chi connectivity index (χ1) is 14.4. The number of hydrogen-bond acceptors (Lipinski definition) is 5. The smallest absolute Gasteiger partial charge is 0.227 e. The predicted octanol–water partition coefficient (Wildman–Crippen LogP) is 3.87. The van der Waals surface area contributed by atoms with Crippen molar-refractivity contribution in [1.82, 2.24) is 4.90 Å². The Kier molecular flexibility index (Phi) is 13.4. The number of rotatable bonds is 16. The Bertz CT molecular complexity index is 571. The first-order valence-corrected chi connectivity index (χ1v) is 11.4. The number of carbonyl (C=O) groups is 1. The third kappa shape index (κ3) is 9.92. The molecule has 30 heavy (non-hydrogen) atoms. The Morgan fingerprint density at radius 2 is 1.70 bits per heavy atom. The van der Waals surface area contributed by atoms with E-state index in [-0.39, 0.29) is 11.8 Å². The van der Waals surface area contributed by atoms with E-state index in [1.54, 1.807) is 0 Å². The summed E-state index contributed by atoms with van der Waals surface area (Å²) in [5, 5.41) is 0. The molecule has 0 saturated heterocycles. The van der Waals surface area contributed by atoms with E-state index in [9.17, 15) is 4.79 Å². The summed E-state index contributed by atoms with van der Waals surface area (Å²) in [4.78, 5) is 15.1. The maximum atomic E-state index is 13.3. The molecule has 0 aliphatic carbocycles. The van der Waals surface area contributed by atoms with Crippen LogP contribution in [0.15, 0.2) is 24.3 Å². The number of amides is 1. The van der Waals surface area contributed by atoms with E-state index in [0.717, 1.165) is 24.2 Å². The van der Waals surface area contributed by atoms with Crippen LogP contribution in [0, 0.1) is 11.8 Å². The lowest BCUT2D eigenvalue weighted by Crippen LogP contribution is -2.45. The normalized spacial score (nSPS) is 12.4. The average Bonchev–Trinajstić information content (AvgIpc) is 2.74. The van der Waals surface area contributed by atoms with Crippen LogP contribution in [0.5, 0.6) is 5.75 Å². The molecule has 1 aromatic carbocycles. The molecule has 0 radical (unpaired) electrons. The molecule has 1 atom stereocenters. The highest BCUT2D eigenvalue weighted by atomic mass is 16.7. The number of carbonyl (C=O) groups excluding carboxylic acids is 1. The molecular formula is C24H42N2O4. The molecule has 6 heteroatoms. The zero-order valence-electron chi connectivity index (χ0n) is 19.6. The van der Waals surface area contributed by atoms with Crippen LogP contribution in [-0.2, 0) is 20.7 Å². The summed E-state index contributed by atoms with van der Waals surface area (Å²) in [6.07, 6.45) is 2.16. The van der Waals surface area contributed by atoms with Gasteiger partial charge in [-0.3, -0.25) is 4.79 Å². The van der Waals surface area contributed by atoms with Crippen molar-refractivity contribution in [3.63, 3.8) is 0 Å². The lowest BCUT2D eigenvalue weighted by atomic mass is 9.97. The number of ether oxygens (including phenoxy) is 3. The highest BCUT2D eigenvalue weighted by Crippen LogP contribution is 2.18. The summed E-state index contributed by atoms with van der Waals surface area (Å²) < 4.78 is 17.1. The molecule has 0 heterocycles. The number of unbranched alkanes of at least 4 members (excludes halogenated alkanes) is 1. The first-order valence-electron chi connectivity index (χ1n) is 11.4. The molecule has 1 amide bonds. The topological polar surface area (TPSA) is 74.0 Å². The van der Waals surface area contributed by atoms with Crippen molar-refractivity contribution in [3.05, 3.63) is 29.8 Å². The van der Waals surface area contributed by atoms with Gasteiger partial charge in [-0.25, -0.2) is 0 Å². The van der Waals surface area contributed by atoms with E-state index >= 15 is 0 Å². The van der Waals surface area contributed by atoms with E-state index in [0.29, 0.717) is 51.8 Å². The predicted molar refractivity (Wildman–Crippen MR) is 122 cm³/mol. The lowest BCUT2D eigenvalue weighted by Gasteiger charge is -2.30. The molecular weight excluding hydrogens is 380 g/mol. The summed E-state index contributed by atoms with van der Waals surface area (Å²) in [6.45, 7) is 13.4. The molecule has 1 rings (SSSR count). The van der Waals surface area contributed by atoms with Gasteiger partial charge in [-0.05, 0) is 50.3 Å². The molecule has 0 bridgehead atoms. The van der Waals surface area contributed by atoms with Gasteiger partial charge in [0, 0.05) is 26.3 Å². The van der Waals surface area contributed by atoms with E-state index < -0.39 is 6.29 Å². The maximum absolute atomic E-state index is 13.3. The molecule has 6 nitrogen and oxygen atoms in total. The monoisotopic (exact) mass is 422 g/mol. The van der Waals surface area contributed by atoms with Crippen molar-refractivity contribution in [3.8, 4) is 5.75 Å². The minimum Gasteiger partial charge on any atom is -0.493 e. The summed E-state index contributed by atoms with van der Waals surface area (Å²) in [5.41, 5.74) is 7.09. The van der Waals surface area contributed by atoms with Crippen LogP contribution in [0.3, 0.4) is 0 Å². The fraction of sp³-hybridized carbons (Fsp3) is 0.708. The average molecular weight is 423 g/mol. The first kappa shape index (κ1) is 26.4. The number of benzene rings is 1. The number of hydrogen-bond donors (Lipinski definition) is 1. The molecule has 0 saturated carbocycles. The van der Waals surface area contributed by atoms with Gasteiger partial charge in [-0.15, -0.1) is 0 Å². The zero-order chi connectivity index (χ0) is 22.4. The van der Waals surface area contributed by atoms with Crippen LogP contribution in [0.1, 0.15) is 53.0 Å². The largest absolute Gasteiger partial charge is 0.493 e. The fourth-order valence-electron chi connectivity index (χ4n) is 3.14. The Hall–Kier alpha value is -1.63. The molecule has 0 aliphatic heterocycles. The zero-order valence-corrected chi connectivity index (χ0v) is 19.6. The SMILES string of the molecule is CCCCN(CC(OCC)OCC)C(=O)[C@@H](CN)Cc1ccc(OCC(C)C)cc1. The minimum absolute atomic E-state index is 0.0653. The molecule has 0 fully saturated rings. The van der Waals surface area contributed by atoms with Crippen LogP contribution < -0.4 is 10.5 Å². The Morgan fingerprint density at radius 1 is 1.07 bits per heavy atom. The molecule has 0 spiro atoms. The molecule has 0 unspecified atom stereocenters.